The summed E-state index contributed by atoms with van der Waals surface area (Å²) in [5.41, 5.74) is 7.78. The SMILES string of the molecule is CCN(c1cc(N=Nc2c(N)ccc3cc(S(=O)(=O)O)cc(O)c23)ccc1C)S(=O)(=O)c1ccccc1. The van der Waals surface area contributed by atoms with Gasteiger partial charge in [0.1, 0.15) is 11.4 Å². The van der Waals surface area contributed by atoms with Gasteiger partial charge in [0.05, 0.1) is 32.2 Å². The predicted molar refractivity (Wildman–Crippen MR) is 142 cm³/mol. The van der Waals surface area contributed by atoms with Crippen LogP contribution in [0, 0.1) is 6.92 Å². The molecule has 4 aromatic carbocycles. The zero-order valence-corrected chi connectivity index (χ0v) is 21.5. The van der Waals surface area contributed by atoms with Gasteiger partial charge >= 0.3 is 0 Å². The van der Waals surface area contributed by atoms with Gasteiger partial charge in [0, 0.05) is 12.6 Å². The number of anilines is 2. The van der Waals surface area contributed by atoms with Crippen molar-refractivity contribution in [3.63, 3.8) is 0 Å². The Morgan fingerprint density at radius 2 is 1.59 bits per heavy atom. The molecule has 0 aliphatic heterocycles. The Morgan fingerprint density at radius 1 is 0.892 bits per heavy atom. The van der Waals surface area contributed by atoms with Crippen LogP contribution in [0.25, 0.3) is 10.8 Å². The summed E-state index contributed by atoms with van der Waals surface area (Å²) < 4.78 is 60.3. The predicted octanol–water partition coefficient (Wildman–Crippen LogP) is 5.31. The van der Waals surface area contributed by atoms with Crippen molar-refractivity contribution in [2.75, 3.05) is 16.6 Å². The van der Waals surface area contributed by atoms with Crippen LogP contribution in [-0.2, 0) is 20.1 Å². The van der Waals surface area contributed by atoms with Gasteiger partial charge < -0.3 is 10.8 Å². The Labute approximate surface area is 214 Å². The second kappa shape index (κ2) is 9.81. The number of fused-ring (bicyclic) bond motifs is 1. The van der Waals surface area contributed by atoms with E-state index in [1.165, 1.54) is 34.6 Å². The summed E-state index contributed by atoms with van der Waals surface area (Å²) in [5.74, 6) is -0.456. The van der Waals surface area contributed by atoms with Crippen LogP contribution in [0.3, 0.4) is 0 Å². The van der Waals surface area contributed by atoms with Gasteiger partial charge in [-0.3, -0.25) is 8.86 Å². The molecule has 0 aliphatic rings. The zero-order valence-electron chi connectivity index (χ0n) is 19.9. The van der Waals surface area contributed by atoms with Crippen molar-refractivity contribution < 1.29 is 26.5 Å². The molecular formula is C25H24N4O6S2. The number of aryl methyl sites for hydroxylation is 1. The molecule has 4 rings (SSSR count). The molecule has 4 N–H and O–H groups in total. The summed E-state index contributed by atoms with van der Waals surface area (Å²) in [6.45, 7) is 3.69. The van der Waals surface area contributed by atoms with Crippen LogP contribution in [0.15, 0.2) is 92.8 Å². The highest BCUT2D eigenvalue weighted by molar-refractivity contribution is 7.92. The molecule has 0 unspecified atom stereocenters. The first-order valence-corrected chi connectivity index (χ1v) is 13.9. The maximum Gasteiger partial charge on any atom is 0.294 e. The normalized spacial score (nSPS) is 12.3. The van der Waals surface area contributed by atoms with Gasteiger partial charge in [0.2, 0.25) is 0 Å². The topological polar surface area (TPSA) is 163 Å². The molecular weight excluding hydrogens is 516 g/mol. The second-order valence-corrected chi connectivity index (χ2v) is 11.5. The van der Waals surface area contributed by atoms with Gasteiger partial charge in [-0.2, -0.15) is 13.5 Å². The number of nitrogens with zero attached hydrogens (tertiary/aromatic N) is 3. The van der Waals surface area contributed by atoms with Crippen molar-refractivity contribution in [2.24, 2.45) is 10.2 Å². The van der Waals surface area contributed by atoms with Crippen molar-refractivity contribution in [3.05, 3.63) is 78.4 Å². The minimum Gasteiger partial charge on any atom is -0.507 e. The van der Waals surface area contributed by atoms with Crippen molar-refractivity contribution >= 4 is 53.7 Å². The third kappa shape index (κ3) is 5.12. The van der Waals surface area contributed by atoms with E-state index < -0.39 is 30.8 Å². The smallest absolute Gasteiger partial charge is 0.294 e. The minimum atomic E-state index is -4.55. The van der Waals surface area contributed by atoms with E-state index in [0.717, 1.165) is 6.07 Å². The lowest BCUT2D eigenvalue weighted by atomic mass is 10.1. The van der Waals surface area contributed by atoms with E-state index in [9.17, 15) is 26.5 Å². The Bertz CT molecular complexity index is 1740. The lowest BCUT2D eigenvalue weighted by Crippen LogP contribution is -2.31. The molecule has 10 nitrogen and oxygen atoms in total. The number of nitrogen functional groups attached to an aromatic ring is 1. The van der Waals surface area contributed by atoms with Crippen LogP contribution in [-0.4, -0.2) is 33.0 Å². The summed E-state index contributed by atoms with van der Waals surface area (Å²) in [7, 11) is -8.38. The van der Waals surface area contributed by atoms with Gasteiger partial charge in [0.15, 0.2) is 0 Å². The average Bonchev–Trinajstić information content (AvgIpc) is 2.85. The number of aromatic hydroxyl groups is 1. The maximum absolute atomic E-state index is 13.3. The van der Waals surface area contributed by atoms with E-state index in [1.807, 2.05) is 0 Å². The van der Waals surface area contributed by atoms with Crippen molar-refractivity contribution in [2.45, 2.75) is 23.6 Å². The van der Waals surface area contributed by atoms with Crippen LogP contribution < -0.4 is 10.0 Å². The number of hydrogen-bond donors (Lipinski definition) is 3. The number of hydrogen-bond acceptors (Lipinski definition) is 8. The van der Waals surface area contributed by atoms with Crippen molar-refractivity contribution in [1.29, 1.82) is 0 Å². The van der Waals surface area contributed by atoms with Crippen LogP contribution in [0.4, 0.5) is 22.7 Å². The monoisotopic (exact) mass is 540 g/mol. The largest absolute Gasteiger partial charge is 0.507 e. The molecule has 0 saturated carbocycles. The van der Waals surface area contributed by atoms with Crippen LogP contribution >= 0.6 is 0 Å². The summed E-state index contributed by atoms with van der Waals surface area (Å²) in [5, 5.41) is 19.3. The molecule has 0 fully saturated rings. The third-order valence-electron chi connectivity index (χ3n) is 5.72. The fraction of sp³-hybridized carbons (Fsp3) is 0.120. The molecule has 0 spiro atoms. The highest BCUT2D eigenvalue weighted by Crippen LogP contribution is 2.40. The number of phenols is 1. The molecule has 192 valence electrons. The molecule has 0 bridgehead atoms. The highest BCUT2D eigenvalue weighted by atomic mass is 32.2. The molecule has 37 heavy (non-hydrogen) atoms. The van der Waals surface area contributed by atoms with Gasteiger partial charge in [-0.1, -0.05) is 30.3 Å². The Morgan fingerprint density at radius 3 is 2.24 bits per heavy atom. The molecule has 0 heterocycles. The standard InChI is InChI=1S/C25H24N4O6S2/c1-3-29(36(31,32)19-7-5-4-6-8-19)22-14-18(11-9-16(22)2)27-28-25-21(26)12-10-17-13-20(37(33,34)35)15-23(30)24(17)25/h4-15,30H,3,26H2,1-2H3,(H,33,34,35). The van der Waals surface area contributed by atoms with E-state index in [0.29, 0.717) is 16.9 Å². The first kappa shape index (κ1) is 26.1. The van der Waals surface area contributed by atoms with Crippen molar-refractivity contribution in [1.82, 2.24) is 0 Å². The van der Waals surface area contributed by atoms with Gasteiger partial charge in [-0.15, -0.1) is 5.11 Å². The lowest BCUT2D eigenvalue weighted by Gasteiger charge is -2.24. The molecule has 12 heteroatoms. The van der Waals surface area contributed by atoms with Gasteiger partial charge in [-0.05, 0) is 61.2 Å². The quantitative estimate of drug-likeness (QED) is 0.162. The van der Waals surface area contributed by atoms with E-state index in [1.54, 1.807) is 50.2 Å². The van der Waals surface area contributed by atoms with Crippen LogP contribution in [0.1, 0.15) is 12.5 Å². The summed E-state index contributed by atoms with van der Waals surface area (Å²) >= 11 is 0. The summed E-state index contributed by atoms with van der Waals surface area (Å²) in [6.07, 6.45) is 0. The molecule has 4 aromatic rings. The first-order valence-electron chi connectivity index (χ1n) is 11.1. The Kier molecular flexibility index (Phi) is 6.91. The minimum absolute atomic E-state index is 0.0864. The molecule has 0 saturated heterocycles. The number of benzene rings is 4. The third-order valence-corrected chi connectivity index (χ3v) is 8.45. The molecule has 0 atom stereocenters. The number of azo groups is 1. The first-order chi connectivity index (χ1) is 17.4. The van der Waals surface area contributed by atoms with Gasteiger partial charge in [0.25, 0.3) is 20.1 Å². The summed E-state index contributed by atoms with van der Waals surface area (Å²) in [4.78, 5) is -0.320. The molecule has 0 aliphatic carbocycles. The molecule has 0 aromatic heterocycles. The average molecular weight is 541 g/mol. The van der Waals surface area contributed by atoms with Gasteiger partial charge in [-0.25, -0.2) is 8.42 Å². The number of sulfonamides is 1. The number of nitrogens with two attached hydrogens (primary N) is 1. The van der Waals surface area contributed by atoms with Crippen LogP contribution in [0.5, 0.6) is 5.75 Å². The second-order valence-electron chi connectivity index (χ2n) is 8.17. The fourth-order valence-electron chi connectivity index (χ4n) is 3.90. The highest BCUT2D eigenvalue weighted by Gasteiger charge is 2.25. The van der Waals surface area contributed by atoms with E-state index in [4.69, 9.17) is 5.73 Å². The number of rotatable bonds is 7. The fourth-order valence-corrected chi connectivity index (χ4v) is 5.98. The number of phenolic OH excluding ortho intramolecular Hbond substituents is 1. The summed E-state index contributed by atoms with van der Waals surface area (Å²) in [6, 6.07) is 18.1. The Hall–Kier alpha value is -4.00. The van der Waals surface area contributed by atoms with E-state index in [-0.39, 0.29) is 33.6 Å². The maximum atomic E-state index is 13.3. The zero-order chi connectivity index (χ0) is 27.0. The Balaban J connectivity index is 1.79. The van der Waals surface area contributed by atoms with E-state index >= 15 is 0 Å². The van der Waals surface area contributed by atoms with Crippen LogP contribution in [0.2, 0.25) is 0 Å². The van der Waals surface area contributed by atoms with Crippen molar-refractivity contribution in [3.8, 4) is 5.75 Å². The lowest BCUT2D eigenvalue weighted by molar-refractivity contribution is 0.471. The molecule has 0 radical (unpaired) electrons. The molecule has 0 amide bonds. The van der Waals surface area contributed by atoms with E-state index in [2.05, 4.69) is 10.2 Å².